The average Bonchev–Trinajstić information content (AvgIpc) is 3.26. The minimum absolute atomic E-state index is 0.0466. The lowest BCUT2D eigenvalue weighted by Crippen LogP contribution is -2.30. The minimum Gasteiger partial charge on any atom is -0.377 e. The van der Waals surface area contributed by atoms with Crippen LogP contribution in [-0.2, 0) is 4.74 Å². The van der Waals surface area contributed by atoms with Crippen molar-refractivity contribution in [1.82, 2.24) is 18.9 Å². The summed E-state index contributed by atoms with van der Waals surface area (Å²) in [6.07, 6.45) is 5.18. The smallest absolute Gasteiger partial charge is 0.254 e. The topological polar surface area (TPSA) is 48.7 Å². The van der Waals surface area contributed by atoms with Crippen molar-refractivity contribution >= 4 is 23.1 Å². The van der Waals surface area contributed by atoms with Crippen molar-refractivity contribution in [2.24, 2.45) is 0 Å². The second-order valence-electron chi connectivity index (χ2n) is 6.54. The monoisotopic (exact) mass is 393 g/mol. The molecule has 0 amide bonds. The molecule has 0 spiro atoms. The molecule has 6 nitrogen and oxygen atoms in total. The number of nitrogens with zero attached hydrogens (tertiary/aromatic N) is 5. The molecule has 0 atom stereocenters. The second kappa shape index (κ2) is 6.44. The van der Waals surface area contributed by atoms with Gasteiger partial charge in [0, 0.05) is 17.2 Å². The molecule has 0 unspecified atom stereocenters. The van der Waals surface area contributed by atoms with E-state index in [2.05, 4.69) is 19.4 Å². The van der Waals surface area contributed by atoms with Crippen LogP contribution in [0.5, 0.6) is 0 Å². The summed E-state index contributed by atoms with van der Waals surface area (Å²) in [6.45, 7) is 8.55. The highest BCUT2D eigenvalue weighted by Gasteiger charge is 2.27. The summed E-state index contributed by atoms with van der Waals surface area (Å²) in [5.41, 5.74) is 3.84. The summed E-state index contributed by atoms with van der Waals surface area (Å²) in [6, 6.07) is 8.55. The first kappa shape index (κ1) is 16.9. The molecule has 0 radical (unpaired) electrons. The highest BCUT2D eigenvalue weighted by atomic mass is 35.5. The second-order valence-corrected chi connectivity index (χ2v) is 6.95. The summed E-state index contributed by atoms with van der Waals surface area (Å²) in [4.78, 5) is 12.4. The van der Waals surface area contributed by atoms with Crippen LogP contribution in [0.15, 0.2) is 49.1 Å². The van der Waals surface area contributed by atoms with Crippen molar-refractivity contribution < 1.29 is 9.13 Å². The van der Waals surface area contributed by atoms with Gasteiger partial charge in [0.1, 0.15) is 5.82 Å². The maximum atomic E-state index is 13.6. The molecule has 5 rings (SSSR count). The van der Waals surface area contributed by atoms with E-state index in [9.17, 15) is 4.39 Å². The van der Waals surface area contributed by atoms with Gasteiger partial charge >= 0.3 is 0 Å². The molecule has 4 aromatic rings. The van der Waals surface area contributed by atoms with E-state index in [1.807, 2.05) is 18.3 Å². The molecule has 1 aromatic carbocycles. The van der Waals surface area contributed by atoms with Gasteiger partial charge in [0.2, 0.25) is 5.65 Å². The third-order valence-electron chi connectivity index (χ3n) is 4.87. The van der Waals surface area contributed by atoms with Crippen LogP contribution >= 0.6 is 11.6 Å². The van der Waals surface area contributed by atoms with E-state index < -0.39 is 5.82 Å². The summed E-state index contributed by atoms with van der Waals surface area (Å²) in [7, 11) is 0. The fourth-order valence-electron chi connectivity index (χ4n) is 3.35. The van der Waals surface area contributed by atoms with Gasteiger partial charge in [-0.05, 0) is 24.3 Å². The van der Waals surface area contributed by atoms with Crippen LogP contribution in [0.2, 0.25) is 5.02 Å². The molecule has 4 heterocycles. The number of hydrogen-bond donors (Lipinski definition) is 0. The van der Waals surface area contributed by atoms with E-state index in [0.29, 0.717) is 30.4 Å². The fourth-order valence-corrected chi connectivity index (χ4v) is 3.53. The Morgan fingerprint density at radius 2 is 2.00 bits per heavy atom. The van der Waals surface area contributed by atoms with Gasteiger partial charge < -0.3 is 14.1 Å². The molecule has 3 aromatic heterocycles. The SMILES string of the molecule is [C-]#[N+]c1cnc2ccc(-c3c(-c4ccc(F)c(Cl)c4)ncn3C3COC3)cn12. The lowest BCUT2D eigenvalue weighted by Gasteiger charge is -2.29. The largest absolute Gasteiger partial charge is 0.377 e. The first-order valence-electron chi connectivity index (χ1n) is 8.60. The molecular weight excluding hydrogens is 381 g/mol. The van der Waals surface area contributed by atoms with Crippen LogP contribution in [0.3, 0.4) is 0 Å². The quantitative estimate of drug-likeness (QED) is 0.471. The molecule has 0 N–H and O–H groups in total. The Morgan fingerprint density at radius 1 is 1.18 bits per heavy atom. The van der Waals surface area contributed by atoms with E-state index in [4.69, 9.17) is 22.9 Å². The van der Waals surface area contributed by atoms with Crippen LogP contribution in [0.25, 0.3) is 33.0 Å². The Labute approximate surface area is 164 Å². The number of fused-ring (bicyclic) bond motifs is 1. The molecule has 138 valence electrons. The molecular formula is C20H13ClFN5O. The minimum atomic E-state index is -0.472. The normalized spacial score (nSPS) is 14.2. The molecule has 8 heteroatoms. The molecule has 28 heavy (non-hydrogen) atoms. The highest BCUT2D eigenvalue weighted by Crippen LogP contribution is 2.36. The van der Waals surface area contributed by atoms with E-state index in [-0.39, 0.29) is 11.1 Å². The number of hydrogen-bond acceptors (Lipinski definition) is 3. The Bertz CT molecular complexity index is 1250. The van der Waals surface area contributed by atoms with E-state index in [1.165, 1.54) is 6.07 Å². The highest BCUT2D eigenvalue weighted by molar-refractivity contribution is 6.31. The summed E-state index contributed by atoms with van der Waals surface area (Å²) >= 11 is 6.00. The van der Waals surface area contributed by atoms with Gasteiger partial charge in [0.05, 0.1) is 54.4 Å². The maximum Gasteiger partial charge on any atom is 0.254 e. The zero-order valence-electron chi connectivity index (χ0n) is 14.5. The number of ether oxygens (including phenoxy) is 1. The summed E-state index contributed by atoms with van der Waals surface area (Å²) < 4.78 is 22.8. The number of benzene rings is 1. The Kier molecular flexibility index (Phi) is 3.90. The van der Waals surface area contributed by atoms with Crippen molar-refractivity contribution in [3.05, 3.63) is 71.3 Å². The fraction of sp³-hybridized carbons (Fsp3) is 0.150. The number of rotatable bonds is 3. The van der Waals surface area contributed by atoms with Crippen molar-refractivity contribution in [3.63, 3.8) is 0 Å². The first-order valence-corrected chi connectivity index (χ1v) is 8.98. The van der Waals surface area contributed by atoms with Crippen LogP contribution in [0.4, 0.5) is 10.2 Å². The van der Waals surface area contributed by atoms with E-state index >= 15 is 0 Å². The van der Waals surface area contributed by atoms with E-state index in [1.54, 1.807) is 29.1 Å². The molecule has 1 fully saturated rings. The molecule has 0 bridgehead atoms. The molecule has 1 aliphatic rings. The Hall–Kier alpha value is -3.21. The van der Waals surface area contributed by atoms with Gasteiger partial charge in [0.15, 0.2) is 0 Å². The third kappa shape index (κ3) is 2.58. The van der Waals surface area contributed by atoms with Crippen LogP contribution in [0.1, 0.15) is 6.04 Å². The predicted molar refractivity (Wildman–Crippen MR) is 103 cm³/mol. The lowest BCUT2D eigenvalue weighted by atomic mass is 10.0. The van der Waals surface area contributed by atoms with Gasteiger partial charge in [-0.3, -0.25) is 0 Å². The average molecular weight is 394 g/mol. The number of aromatic nitrogens is 4. The molecule has 0 aliphatic carbocycles. The van der Waals surface area contributed by atoms with Gasteiger partial charge in [0.25, 0.3) is 5.82 Å². The Balaban J connectivity index is 1.74. The maximum absolute atomic E-state index is 13.6. The van der Waals surface area contributed by atoms with Crippen molar-refractivity contribution in [3.8, 4) is 22.5 Å². The van der Waals surface area contributed by atoms with Gasteiger partial charge in [-0.1, -0.05) is 18.2 Å². The lowest BCUT2D eigenvalue weighted by molar-refractivity contribution is -0.0226. The zero-order chi connectivity index (χ0) is 19.3. The molecule has 0 saturated carbocycles. The van der Waals surface area contributed by atoms with Gasteiger partial charge in [-0.15, -0.1) is 0 Å². The summed E-state index contributed by atoms with van der Waals surface area (Å²) in [5.74, 6) is -0.0402. The third-order valence-corrected chi connectivity index (χ3v) is 5.16. The van der Waals surface area contributed by atoms with Crippen LogP contribution < -0.4 is 0 Å². The van der Waals surface area contributed by atoms with Crippen molar-refractivity contribution in [1.29, 1.82) is 0 Å². The number of imidazole rings is 2. The molecule has 1 aliphatic heterocycles. The van der Waals surface area contributed by atoms with Crippen molar-refractivity contribution in [2.75, 3.05) is 13.2 Å². The van der Waals surface area contributed by atoms with Gasteiger partial charge in [-0.25, -0.2) is 18.8 Å². The number of pyridine rings is 1. The molecule has 1 saturated heterocycles. The zero-order valence-corrected chi connectivity index (χ0v) is 15.3. The number of halogens is 2. The van der Waals surface area contributed by atoms with E-state index in [0.717, 1.165) is 16.8 Å². The van der Waals surface area contributed by atoms with Crippen molar-refractivity contribution in [2.45, 2.75) is 6.04 Å². The van der Waals surface area contributed by atoms with Gasteiger partial charge in [-0.2, -0.15) is 0 Å². The first-order chi connectivity index (χ1) is 13.7. The van der Waals surface area contributed by atoms with Crippen LogP contribution in [0, 0.1) is 12.4 Å². The standard InChI is InChI=1S/C20H13ClFN5O/c1-23-18-7-24-17-5-3-13(8-26(17)18)20-19(12-2-4-16(22)15(21)6-12)25-11-27(20)14-9-28-10-14/h2-8,11,14H,9-10H2. The van der Waals surface area contributed by atoms with Crippen LogP contribution in [-0.4, -0.2) is 32.1 Å². The summed E-state index contributed by atoms with van der Waals surface area (Å²) in [5, 5.41) is 0.0466. The predicted octanol–water partition coefficient (Wildman–Crippen LogP) is 4.78. The Morgan fingerprint density at radius 3 is 2.71 bits per heavy atom.